The molecule has 0 atom stereocenters. The van der Waals surface area contributed by atoms with Crippen molar-refractivity contribution in [3.63, 3.8) is 0 Å². The lowest BCUT2D eigenvalue weighted by atomic mass is 10.1. The molecule has 0 aromatic heterocycles. The lowest BCUT2D eigenvalue weighted by Crippen LogP contribution is -2.20. The van der Waals surface area contributed by atoms with Crippen molar-refractivity contribution in [1.82, 2.24) is 0 Å². The largest absolute Gasteiger partial charge is 0.417 e. The van der Waals surface area contributed by atoms with Crippen molar-refractivity contribution in [2.45, 2.75) is 18.0 Å². The molecule has 0 heterocycles. The highest BCUT2D eigenvalue weighted by Crippen LogP contribution is 2.36. The summed E-state index contributed by atoms with van der Waals surface area (Å²) in [6.07, 6.45) is -4.91. The molecule has 0 amide bonds. The van der Waals surface area contributed by atoms with Crippen molar-refractivity contribution < 1.29 is 26.4 Å². The van der Waals surface area contributed by atoms with Crippen LogP contribution in [0.3, 0.4) is 0 Å². The van der Waals surface area contributed by atoms with E-state index < -0.39 is 32.4 Å². The van der Waals surface area contributed by atoms with E-state index in [0.29, 0.717) is 6.07 Å². The number of halogens is 4. The van der Waals surface area contributed by atoms with Crippen molar-refractivity contribution in [3.05, 3.63) is 58.6 Å². The third kappa shape index (κ3) is 3.88. The van der Waals surface area contributed by atoms with Gasteiger partial charge in [0.2, 0.25) is 0 Å². The zero-order chi connectivity index (χ0) is 18.1. The van der Waals surface area contributed by atoms with E-state index in [2.05, 4.69) is 0 Å². The number of hydrogen-bond donors (Lipinski definition) is 1. The molecular weight excluding hydrogens is 367 g/mol. The molecule has 0 unspecified atom stereocenters. The van der Waals surface area contributed by atoms with Crippen LogP contribution in [-0.4, -0.2) is 14.2 Å². The Hall–Kier alpha value is -2.06. The first-order valence-corrected chi connectivity index (χ1v) is 8.38. The Bertz CT molecular complexity index is 895. The van der Waals surface area contributed by atoms with E-state index in [0.717, 1.165) is 12.1 Å². The molecule has 0 radical (unpaired) electrons. The van der Waals surface area contributed by atoms with Gasteiger partial charge in [0.05, 0.1) is 16.1 Å². The van der Waals surface area contributed by atoms with E-state index >= 15 is 0 Å². The summed E-state index contributed by atoms with van der Waals surface area (Å²) in [5.74, 6) is -0.430. The van der Waals surface area contributed by atoms with Gasteiger partial charge in [-0.05, 0) is 37.3 Å². The Labute approximate surface area is 141 Å². The number of alkyl halides is 3. The summed E-state index contributed by atoms with van der Waals surface area (Å²) in [6.45, 7) is 1.22. The van der Waals surface area contributed by atoms with E-state index in [9.17, 15) is 26.4 Å². The number of carbonyl (C=O) groups excluding carboxylic acids is 1. The van der Waals surface area contributed by atoms with Crippen molar-refractivity contribution in [2.75, 3.05) is 4.72 Å². The van der Waals surface area contributed by atoms with E-state index in [4.69, 9.17) is 11.6 Å². The SMILES string of the molecule is CC(=O)c1ccccc1NS(=O)(=O)c1ccc(Cl)cc1C(F)(F)F. The highest BCUT2D eigenvalue weighted by Gasteiger charge is 2.37. The molecule has 2 aromatic carbocycles. The zero-order valence-corrected chi connectivity index (χ0v) is 13.8. The molecule has 0 bridgehead atoms. The fraction of sp³-hybridized carbons (Fsp3) is 0.133. The second-order valence-corrected chi connectivity index (χ2v) is 6.93. The Morgan fingerprint density at radius 2 is 1.75 bits per heavy atom. The first-order chi connectivity index (χ1) is 11.0. The standard InChI is InChI=1S/C15H11ClF3NO3S/c1-9(21)11-4-2-3-5-13(11)20-24(22,23)14-7-6-10(16)8-12(14)15(17,18)19/h2-8,20H,1H3. The molecule has 24 heavy (non-hydrogen) atoms. The maximum absolute atomic E-state index is 13.1. The molecule has 0 saturated carbocycles. The fourth-order valence-corrected chi connectivity index (χ4v) is 3.50. The highest BCUT2D eigenvalue weighted by atomic mass is 35.5. The molecule has 128 valence electrons. The number of nitrogens with one attached hydrogen (secondary N) is 1. The van der Waals surface area contributed by atoms with Gasteiger partial charge >= 0.3 is 6.18 Å². The van der Waals surface area contributed by atoms with E-state index in [1.807, 2.05) is 4.72 Å². The number of carbonyl (C=O) groups is 1. The van der Waals surface area contributed by atoms with Gasteiger partial charge in [-0.25, -0.2) is 8.42 Å². The number of rotatable bonds is 4. The van der Waals surface area contributed by atoms with Gasteiger partial charge in [-0.2, -0.15) is 13.2 Å². The molecule has 1 N–H and O–H groups in total. The number of para-hydroxylation sites is 1. The van der Waals surface area contributed by atoms with E-state index in [1.165, 1.54) is 31.2 Å². The Morgan fingerprint density at radius 1 is 1.12 bits per heavy atom. The van der Waals surface area contributed by atoms with Gasteiger partial charge in [-0.15, -0.1) is 0 Å². The second kappa shape index (κ2) is 6.45. The van der Waals surface area contributed by atoms with Gasteiger partial charge in [0.1, 0.15) is 0 Å². The van der Waals surface area contributed by atoms with Gasteiger partial charge < -0.3 is 0 Å². The summed E-state index contributed by atoms with van der Waals surface area (Å²) >= 11 is 5.54. The van der Waals surface area contributed by atoms with Gasteiger partial charge in [-0.1, -0.05) is 23.7 Å². The second-order valence-electron chi connectivity index (χ2n) is 4.85. The maximum Gasteiger partial charge on any atom is 0.417 e. The van der Waals surface area contributed by atoms with Crippen molar-refractivity contribution in [1.29, 1.82) is 0 Å². The summed E-state index contributed by atoms with van der Waals surface area (Å²) in [6, 6.07) is 7.97. The monoisotopic (exact) mass is 377 g/mol. The highest BCUT2D eigenvalue weighted by molar-refractivity contribution is 7.92. The number of benzene rings is 2. The minimum Gasteiger partial charge on any atom is -0.294 e. The van der Waals surface area contributed by atoms with E-state index in [1.54, 1.807) is 0 Å². The smallest absolute Gasteiger partial charge is 0.294 e. The van der Waals surface area contributed by atoms with Crippen molar-refractivity contribution in [2.24, 2.45) is 0 Å². The summed E-state index contributed by atoms with van der Waals surface area (Å²) in [5, 5.41) is -0.245. The van der Waals surface area contributed by atoms with Crippen LogP contribution in [0.5, 0.6) is 0 Å². The molecule has 0 spiro atoms. The predicted molar refractivity (Wildman–Crippen MR) is 83.7 cm³/mol. The maximum atomic E-state index is 13.1. The third-order valence-electron chi connectivity index (χ3n) is 3.09. The summed E-state index contributed by atoms with van der Waals surface area (Å²) < 4.78 is 66.1. The average molecular weight is 378 g/mol. The molecule has 0 aliphatic carbocycles. The molecule has 2 aromatic rings. The Balaban J connectivity index is 2.56. The van der Waals surface area contributed by atoms with Gasteiger partial charge in [0, 0.05) is 10.6 Å². The molecule has 0 aliphatic heterocycles. The van der Waals surface area contributed by atoms with Crippen LogP contribution in [0.15, 0.2) is 47.4 Å². The first-order valence-electron chi connectivity index (χ1n) is 6.52. The minimum atomic E-state index is -4.91. The van der Waals surface area contributed by atoms with Crippen LogP contribution in [-0.2, 0) is 16.2 Å². The molecule has 9 heteroatoms. The lowest BCUT2D eigenvalue weighted by molar-refractivity contribution is -0.139. The fourth-order valence-electron chi connectivity index (χ4n) is 2.04. The lowest BCUT2D eigenvalue weighted by Gasteiger charge is -2.16. The van der Waals surface area contributed by atoms with Crippen molar-refractivity contribution in [3.8, 4) is 0 Å². The molecular formula is C15H11ClF3NO3S. The number of sulfonamides is 1. The Morgan fingerprint density at radius 3 is 2.33 bits per heavy atom. The van der Waals surface area contributed by atoms with E-state index in [-0.39, 0.29) is 16.3 Å². The minimum absolute atomic E-state index is 0.0450. The normalized spacial score (nSPS) is 12.0. The van der Waals surface area contributed by atoms with Crippen molar-refractivity contribution >= 4 is 33.1 Å². The zero-order valence-electron chi connectivity index (χ0n) is 12.2. The van der Waals surface area contributed by atoms with Crippen LogP contribution in [0, 0.1) is 0 Å². The van der Waals surface area contributed by atoms with Gasteiger partial charge in [-0.3, -0.25) is 9.52 Å². The summed E-state index contributed by atoms with van der Waals surface area (Å²) in [5.41, 5.74) is -1.44. The molecule has 0 aliphatic rings. The summed E-state index contributed by atoms with van der Waals surface area (Å²) in [4.78, 5) is 10.6. The summed E-state index contributed by atoms with van der Waals surface area (Å²) in [7, 11) is -4.58. The average Bonchev–Trinajstić information content (AvgIpc) is 2.45. The van der Waals surface area contributed by atoms with Gasteiger partial charge in [0.25, 0.3) is 10.0 Å². The number of ketones is 1. The van der Waals surface area contributed by atoms with Crippen LogP contribution in [0.4, 0.5) is 18.9 Å². The van der Waals surface area contributed by atoms with Crippen LogP contribution in [0.25, 0.3) is 0 Å². The number of anilines is 1. The molecule has 0 saturated heterocycles. The quantitative estimate of drug-likeness (QED) is 0.805. The van der Waals surface area contributed by atoms with Crippen LogP contribution in [0.2, 0.25) is 5.02 Å². The Kier molecular flexibility index (Phi) is 4.91. The topological polar surface area (TPSA) is 63.2 Å². The van der Waals surface area contributed by atoms with Crippen LogP contribution >= 0.6 is 11.6 Å². The molecule has 2 rings (SSSR count). The first kappa shape index (κ1) is 18.3. The number of hydrogen-bond acceptors (Lipinski definition) is 3. The number of Topliss-reactive ketones (excluding diaryl/α,β-unsaturated/α-hetero) is 1. The van der Waals surface area contributed by atoms with Gasteiger partial charge in [0.15, 0.2) is 5.78 Å². The van der Waals surface area contributed by atoms with Crippen LogP contribution in [0.1, 0.15) is 22.8 Å². The predicted octanol–water partition coefficient (Wildman–Crippen LogP) is 4.36. The molecule has 4 nitrogen and oxygen atoms in total. The molecule has 0 fully saturated rings. The third-order valence-corrected chi connectivity index (χ3v) is 4.75. The van der Waals surface area contributed by atoms with Crippen LogP contribution < -0.4 is 4.72 Å².